The van der Waals surface area contributed by atoms with Crippen molar-refractivity contribution in [2.45, 2.75) is 19.5 Å². The van der Waals surface area contributed by atoms with Crippen LogP contribution in [0.1, 0.15) is 28.3 Å². The molecule has 0 spiro atoms. The predicted molar refractivity (Wildman–Crippen MR) is 79.9 cm³/mol. The van der Waals surface area contributed by atoms with E-state index in [0.29, 0.717) is 18.8 Å². The highest BCUT2D eigenvalue weighted by atomic mass is 16.4. The van der Waals surface area contributed by atoms with Crippen LogP contribution in [-0.4, -0.2) is 29.1 Å². The molecule has 0 atom stereocenters. The van der Waals surface area contributed by atoms with E-state index in [9.17, 15) is 4.79 Å². The lowest BCUT2D eigenvalue weighted by Crippen LogP contribution is -2.25. The zero-order valence-corrected chi connectivity index (χ0v) is 11.9. The quantitative estimate of drug-likeness (QED) is 0.779. The summed E-state index contributed by atoms with van der Waals surface area (Å²) in [4.78, 5) is 13.0. The Balaban J connectivity index is 2.02. The Bertz CT molecular complexity index is 566. The molecule has 0 aliphatic rings. The molecule has 21 heavy (non-hydrogen) atoms. The molecule has 2 aromatic rings. The average Bonchev–Trinajstić information content (AvgIpc) is 2.94. The SMILES string of the molecule is NCCCN(Cc1ccccc1)Cc1ccc(C(=O)O)o1. The van der Waals surface area contributed by atoms with Gasteiger partial charge in [0.05, 0.1) is 6.54 Å². The Hall–Kier alpha value is -2.11. The molecule has 3 N–H and O–H groups in total. The minimum Gasteiger partial charge on any atom is -0.475 e. The Morgan fingerprint density at radius 2 is 1.90 bits per heavy atom. The number of nitrogens with zero attached hydrogens (tertiary/aromatic N) is 1. The first-order valence-electron chi connectivity index (χ1n) is 6.97. The Morgan fingerprint density at radius 3 is 2.52 bits per heavy atom. The first-order valence-corrected chi connectivity index (χ1v) is 6.97. The molecule has 1 aromatic heterocycles. The van der Waals surface area contributed by atoms with Crippen LogP contribution in [0, 0.1) is 0 Å². The molecule has 0 aliphatic heterocycles. The van der Waals surface area contributed by atoms with Crippen molar-refractivity contribution in [2.24, 2.45) is 5.73 Å². The summed E-state index contributed by atoms with van der Waals surface area (Å²) >= 11 is 0. The lowest BCUT2D eigenvalue weighted by molar-refractivity contribution is 0.0658. The number of nitrogens with two attached hydrogens (primary N) is 1. The van der Waals surface area contributed by atoms with E-state index < -0.39 is 5.97 Å². The van der Waals surface area contributed by atoms with Crippen molar-refractivity contribution < 1.29 is 14.3 Å². The molecular formula is C16H20N2O3. The molecule has 0 bridgehead atoms. The summed E-state index contributed by atoms with van der Waals surface area (Å²) in [5.41, 5.74) is 6.79. The Kier molecular flexibility index (Phi) is 5.54. The van der Waals surface area contributed by atoms with Crippen molar-refractivity contribution in [2.75, 3.05) is 13.1 Å². The van der Waals surface area contributed by atoms with Crippen LogP contribution in [0.3, 0.4) is 0 Å². The van der Waals surface area contributed by atoms with Crippen LogP contribution in [0.2, 0.25) is 0 Å². The highest BCUT2D eigenvalue weighted by molar-refractivity contribution is 5.84. The second kappa shape index (κ2) is 7.61. The smallest absolute Gasteiger partial charge is 0.371 e. The summed E-state index contributed by atoms with van der Waals surface area (Å²) in [6.07, 6.45) is 0.888. The van der Waals surface area contributed by atoms with E-state index in [0.717, 1.165) is 19.5 Å². The molecule has 5 nitrogen and oxygen atoms in total. The topological polar surface area (TPSA) is 79.7 Å². The van der Waals surface area contributed by atoms with E-state index in [-0.39, 0.29) is 5.76 Å². The third kappa shape index (κ3) is 4.73. The summed E-state index contributed by atoms with van der Waals surface area (Å²) in [5.74, 6) is -0.415. The molecular weight excluding hydrogens is 268 g/mol. The van der Waals surface area contributed by atoms with Gasteiger partial charge in [0.2, 0.25) is 5.76 Å². The maximum atomic E-state index is 10.8. The van der Waals surface area contributed by atoms with Crippen LogP contribution in [0.15, 0.2) is 46.9 Å². The van der Waals surface area contributed by atoms with Crippen molar-refractivity contribution in [3.8, 4) is 0 Å². The number of hydrogen-bond donors (Lipinski definition) is 2. The third-order valence-corrected chi connectivity index (χ3v) is 3.18. The van der Waals surface area contributed by atoms with Gasteiger partial charge in [0.15, 0.2) is 0 Å². The van der Waals surface area contributed by atoms with Crippen LogP contribution >= 0.6 is 0 Å². The number of benzene rings is 1. The standard InChI is InChI=1S/C16H20N2O3/c17-9-4-10-18(11-13-5-2-1-3-6-13)12-14-7-8-15(21-14)16(19)20/h1-3,5-8H,4,9-12,17H2,(H,19,20). The fourth-order valence-electron chi connectivity index (χ4n) is 2.17. The minimum absolute atomic E-state index is 0.0246. The molecule has 1 aromatic carbocycles. The monoisotopic (exact) mass is 288 g/mol. The van der Waals surface area contributed by atoms with Gasteiger partial charge in [0, 0.05) is 13.1 Å². The van der Waals surface area contributed by atoms with E-state index >= 15 is 0 Å². The van der Waals surface area contributed by atoms with Crippen molar-refractivity contribution in [1.29, 1.82) is 0 Å². The van der Waals surface area contributed by atoms with Gasteiger partial charge in [-0.2, -0.15) is 0 Å². The van der Waals surface area contributed by atoms with Gasteiger partial charge >= 0.3 is 5.97 Å². The van der Waals surface area contributed by atoms with Crippen molar-refractivity contribution in [3.05, 3.63) is 59.5 Å². The van der Waals surface area contributed by atoms with Crippen molar-refractivity contribution in [3.63, 3.8) is 0 Å². The van der Waals surface area contributed by atoms with Gasteiger partial charge in [-0.25, -0.2) is 4.79 Å². The number of hydrogen-bond acceptors (Lipinski definition) is 4. The second-order valence-corrected chi connectivity index (χ2v) is 4.91. The van der Waals surface area contributed by atoms with E-state index in [1.165, 1.54) is 11.6 Å². The zero-order valence-electron chi connectivity index (χ0n) is 11.9. The maximum Gasteiger partial charge on any atom is 0.371 e. The molecule has 5 heteroatoms. The van der Waals surface area contributed by atoms with Gasteiger partial charge < -0.3 is 15.3 Å². The normalized spacial score (nSPS) is 11.0. The molecule has 1 heterocycles. The number of rotatable bonds is 8. The first kappa shape index (κ1) is 15.3. The molecule has 0 amide bonds. The van der Waals surface area contributed by atoms with Gasteiger partial charge in [0.25, 0.3) is 0 Å². The van der Waals surface area contributed by atoms with E-state index in [1.807, 2.05) is 18.2 Å². The van der Waals surface area contributed by atoms with Gasteiger partial charge in [-0.15, -0.1) is 0 Å². The maximum absolute atomic E-state index is 10.8. The summed E-state index contributed by atoms with van der Waals surface area (Å²) in [6, 6.07) is 13.3. The lowest BCUT2D eigenvalue weighted by atomic mass is 10.2. The average molecular weight is 288 g/mol. The van der Waals surface area contributed by atoms with Crippen LogP contribution in [0.25, 0.3) is 0 Å². The van der Waals surface area contributed by atoms with Gasteiger partial charge in [-0.1, -0.05) is 30.3 Å². The summed E-state index contributed by atoms with van der Waals surface area (Å²) in [6.45, 7) is 2.82. The predicted octanol–water partition coefficient (Wildman–Crippen LogP) is 2.33. The Morgan fingerprint density at radius 1 is 1.14 bits per heavy atom. The van der Waals surface area contributed by atoms with Crippen molar-refractivity contribution >= 4 is 5.97 Å². The molecule has 0 unspecified atom stereocenters. The fraction of sp³-hybridized carbons (Fsp3) is 0.312. The number of carboxylic acid groups (broad SMARTS) is 1. The van der Waals surface area contributed by atoms with Gasteiger partial charge in [-0.05, 0) is 30.7 Å². The fourth-order valence-corrected chi connectivity index (χ4v) is 2.17. The number of furan rings is 1. The minimum atomic E-state index is -1.04. The number of carboxylic acids is 1. The highest BCUT2D eigenvalue weighted by Gasteiger charge is 2.12. The number of carbonyl (C=O) groups is 1. The summed E-state index contributed by atoms with van der Waals surface area (Å²) in [5, 5.41) is 8.89. The van der Waals surface area contributed by atoms with Crippen molar-refractivity contribution in [1.82, 2.24) is 4.90 Å². The molecule has 0 saturated carbocycles. The summed E-state index contributed by atoms with van der Waals surface area (Å²) in [7, 11) is 0. The first-order chi connectivity index (χ1) is 10.2. The molecule has 0 saturated heterocycles. The summed E-state index contributed by atoms with van der Waals surface area (Å²) < 4.78 is 5.32. The Labute approximate surface area is 124 Å². The largest absolute Gasteiger partial charge is 0.475 e. The van der Waals surface area contributed by atoms with Crippen LogP contribution in [0.4, 0.5) is 0 Å². The molecule has 2 rings (SSSR count). The molecule has 0 radical (unpaired) electrons. The molecule has 0 aliphatic carbocycles. The van der Waals surface area contributed by atoms with Crippen LogP contribution in [-0.2, 0) is 13.1 Å². The van der Waals surface area contributed by atoms with Crippen LogP contribution < -0.4 is 5.73 Å². The van der Waals surface area contributed by atoms with Crippen LogP contribution in [0.5, 0.6) is 0 Å². The third-order valence-electron chi connectivity index (χ3n) is 3.18. The lowest BCUT2D eigenvalue weighted by Gasteiger charge is -2.21. The second-order valence-electron chi connectivity index (χ2n) is 4.91. The zero-order chi connectivity index (χ0) is 15.1. The van der Waals surface area contributed by atoms with E-state index in [1.54, 1.807) is 6.07 Å². The van der Waals surface area contributed by atoms with E-state index in [4.69, 9.17) is 15.3 Å². The van der Waals surface area contributed by atoms with Gasteiger partial charge in [-0.3, -0.25) is 4.90 Å². The molecule has 0 fully saturated rings. The highest BCUT2D eigenvalue weighted by Crippen LogP contribution is 2.13. The number of aromatic carboxylic acids is 1. The molecule has 112 valence electrons. The van der Waals surface area contributed by atoms with Gasteiger partial charge in [0.1, 0.15) is 5.76 Å². The van der Waals surface area contributed by atoms with E-state index in [2.05, 4.69) is 17.0 Å².